The SMILES string of the molecule is CC1(C)Cc2nc(C3CC4CCC3O4)sc2C(N)C1. The monoisotopic (exact) mass is 278 g/mol. The average Bonchev–Trinajstić information content (AvgIpc) is 2.98. The van der Waals surface area contributed by atoms with Crippen molar-refractivity contribution in [3.63, 3.8) is 0 Å². The van der Waals surface area contributed by atoms with Crippen molar-refractivity contribution in [2.45, 2.75) is 70.1 Å². The fourth-order valence-electron chi connectivity index (χ4n) is 4.07. The molecule has 2 aliphatic heterocycles. The molecule has 1 aromatic heterocycles. The molecule has 0 aromatic carbocycles. The highest BCUT2D eigenvalue weighted by atomic mass is 32.1. The van der Waals surface area contributed by atoms with Gasteiger partial charge in [-0.2, -0.15) is 0 Å². The molecule has 2 N–H and O–H groups in total. The van der Waals surface area contributed by atoms with Gasteiger partial charge in [0.25, 0.3) is 0 Å². The van der Waals surface area contributed by atoms with Crippen molar-refractivity contribution < 1.29 is 4.74 Å². The molecular weight excluding hydrogens is 256 g/mol. The Balaban J connectivity index is 1.66. The molecule has 0 radical (unpaired) electrons. The van der Waals surface area contributed by atoms with Crippen LogP contribution >= 0.6 is 11.3 Å². The van der Waals surface area contributed by atoms with Crippen LogP contribution in [0.3, 0.4) is 0 Å². The van der Waals surface area contributed by atoms with Gasteiger partial charge in [-0.05, 0) is 37.5 Å². The number of fused-ring (bicyclic) bond motifs is 3. The summed E-state index contributed by atoms with van der Waals surface area (Å²) in [7, 11) is 0. The smallest absolute Gasteiger partial charge is 0.0989 e. The summed E-state index contributed by atoms with van der Waals surface area (Å²) in [5.74, 6) is 0.546. The minimum absolute atomic E-state index is 0.185. The predicted molar refractivity (Wildman–Crippen MR) is 76.4 cm³/mol. The summed E-state index contributed by atoms with van der Waals surface area (Å²) < 4.78 is 5.97. The van der Waals surface area contributed by atoms with Crippen LogP contribution in [-0.2, 0) is 11.2 Å². The summed E-state index contributed by atoms with van der Waals surface area (Å²) in [4.78, 5) is 6.30. The first-order valence-electron chi connectivity index (χ1n) is 7.42. The van der Waals surface area contributed by atoms with Crippen molar-refractivity contribution in [1.29, 1.82) is 0 Å². The first kappa shape index (κ1) is 12.3. The molecule has 1 aromatic rings. The number of nitrogens with zero attached hydrogens (tertiary/aromatic N) is 1. The molecule has 2 bridgehead atoms. The molecule has 0 spiro atoms. The zero-order valence-electron chi connectivity index (χ0n) is 11.7. The van der Waals surface area contributed by atoms with E-state index in [2.05, 4.69) is 13.8 Å². The van der Waals surface area contributed by atoms with Gasteiger partial charge in [0.15, 0.2) is 0 Å². The third-order valence-corrected chi connectivity index (χ3v) is 6.28. The molecule has 104 valence electrons. The van der Waals surface area contributed by atoms with E-state index >= 15 is 0 Å². The zero-order valence-corrected chi connectivity index (χ0v) is 12.5. The van der Waals surface area contributed by atoms with Crippen LogP contribution in [0.4, 0.5) is 0 Å². The van der Waals surface area contributed by atoms with Gasteiger partial charge < -0.3 is 10.5 Å². The quantitative estimate of drug-likeness (QED) is 0.858. The zero-order chi connectivity index (χ0) is 13.2. The lowest BCUT2D eigenvalue weighted by Crippen LogP contribution is -2.28. The Labute approximate surface area is 118 Å². The third-order valence-electron chi connectivity index (χ3n) is 4.92. The van der Waals surface area contributed by atoms with Gasteiger partial charge in [0.1, 0.15) is 0 Å². The molecule has 19 heavy (non-hydrogen) atoms. The first-order valence-corrected chi connectivity index (χ1v) is 8.24. The van der Waals surface area contributed by atoms with Crippen molar-refractivity contribution in [2.75, 3.05) is 0 Å². The maximum atomic E-state index is 6.35. The van der Waals surface area contributed by atoms with E-state index in [9.17, 15) is 0 Å². The third kappa shape index (κ3) is 1.96. The van der Waals surface area contributed by atoms with E-state index in [0.29, 0.717) is 23.5 Å². The summed E-state index contributed by atoms with van der Waals surface area (Å²) in [6.45, 7) is 4.60. The average molecular weight is 278 g/mol. The van der Waals surface area contributed by atoms with E-state index in [1.54, 1.807) is 0 Å². The van der Waals surface area contributed by atoms with Crippen LogP contribution in [0.1, 0.15) is 67.1 Å². The summed E-state index contributed by atoms with van der Waals surface area (Å²) >= 11 is 1.86. The normalized spacial score (nSPS) is 39.5. The molecule has 1 aliphatic carbocycles. The fraction of sp³-hybridized carbons (Fsp3) is 0.800. The highest BCUT2D eigenvalue weighted by Gasteiger charge is 2.44. The van der Waals surface area contributed by atoms with Crippen LogP contribution in [0, 0.1) is 5.41 Å². The Morgan fingerprint density at radius 3 is 2.89 bits per heavy atom. The fourth-order valence-corrected chi connectivity index (χ4v) is 5.32. The molecule has 4 heteroatoms. The van der Waals surface area contributed by atoms with E-state index in [1.807, 2.05) is 11.3 Å². The highest BCUT2D eigenvalue weighted by molar-refractivity contribution is 7.12. The lowest BCUT2D eigenvalue weighted by Gasteiger charge is -2.32. The maximum absolute atomic E-state index is 6.35. The van der Waals surface area contributed by atoms with E-state index in [-0.39, 0.29) is 6.04 Å². The molecule has 2 fully saturated rings. The van der Waals surface area contributed by atoms with Gasteiger partial charge in [0.05, 0.1) is 22.9 Å². The number of thiazole rings is 1. The van der Waals surface area contributed by atoms with Crippen LogP contribution in [0.5, 0.6) is 0 Å². The van der Waals surface area contributed by atoms with Crippen molar-refractivity contribution in [3.8, 4) is 0 Å². The number of aromatic nitrogens is 1. The molecule has 2 saturated heterocycles. The van der Waals surface area contributed by atoms with Crippen LogP contribution in [-0.4, -0.2) is 17.2 Å². The molecule has 4 unspecified atom stereocenters. The van der Waals surface area contributed by atoms with Crippen molar-refractivity contribution in [2.24, 2.45) is 11.1 Å². The highest BCUT2D eigenvalue weighted by Crippen LogP contribution is 2.48. The summed E-state index contributed by atoms with van der Waals surface area (Å²) in [5, 5.41) is 1.30. The number of ether oxygens (including phenoxy) is 1. The lowest BCUT2D eigenvalue weighted by molar-refractivity contribution is 0.100. The largest absolute Gasteiger partial charge is 0.374 e. The Kier molecular flexibility index (Phi) is 2.61. The van der Waals surface area contributed by atoms with E-state index in [1.165, 1.54) is 34.8 Å². The van der Waals surface area contributed by atoms with Gasteiger partial charge in [-0.1, -0.05) is 13.8 Å². The second kappa shape index (κ2) is 4.03. The van der Waals surface area contributed by atoms with Gasteiger partial charge in [-0.15, -0.1) is 11.3 Å². The predicted octanol–water partition coefficient (Wildman–Crippen LogP) is 3.15. The molecule has 4 atom stereocenters. The molecule has 4 rings (SSSR count). The van der Waals surface area contributed by atoms with Crippen LogP contribution < -0.4 is 5.73 Å². The minimum Gasteiger partial charge on any atom is -0.374 e. The van der Waals surface area contributed by atoms with E-state index in [0.717, 1.165) is 12.8 Å². The number of nitrogens with two attached hydrogens (primary N) is 1. The second-order valence-corrected chi connectivity index (χ2v) is 8.29. The first-order chi connectivity index (χ1) is 9.02. The van der Waals surface area contributed by atoms with Crippen LogP contribution in [0.15, 0.2) is 0 Å². The Bertz CT molecular complexity index is 510. The number of rotatable bonds is 1. The Morgan fingerprint density at radius 1 is 1.37 bits per heavy atom. The number of hydrogen-bond acceptors (Lipinski definition) is 4. The molecule has 3 nitrogen and oxygen atoms in total. The topological polar surface area (TPSA) is 48.1 Å². The second-order valence-electron chi connectivity index (χ2n) is 7.23. The van der Waals surface area contributed by atoms with Crippen molar-refractivity contribution >= 4 is 11.3 Å². The van der Waals surface area contributed by atoms with Crippen molar-refractivity contribution in [1.82, 2.24) is 4.98 Å². The van der Waals surface area contributed by atoms with Crippen LogP contribution in [0.25, 0.3) is 0 Å². The summed E-state index contributed by atoms with van der Waals surface area (Å²) in [6.07, 6.45) is 6.73. The van der Waals surface area contributed by atoms with Crippen LogP contribution in [0.2, 0.25) is 0 Å². The minimum atomic E-state index is 0.185. The maximum Gasteiger partial charge on any atom is 0.0989 e. The molecule has 3 heterocycles. The van der Waals surface area contributed by atoms with Gasteiger partial charge in [0.2, 0.25) is 0 Å². The summed E-state index contributed by atoms with van der Waals surface area (Å²) in [6, 6.07) is 0.185. The van der Waals surface area contributed by atoms with Gasteiger partial charge in [0, 0.05) is 16.8 Å². The molecule has 0 amide bonds. The standard InChI is InChI=1S/C15H22N2OS/c1-15(2)6-10(16)13-11(7-15)17-14(19-13)9-5-8-3-4-12(9)18-8/h8-10,12H,3-7,16H2,1-2H3. The molecule has 0 saturated carbocycles. The Morgan fingerprint density at radius 2 is 2.21 bits per heavy atom. The molecule has 3 aliphatic rings. The lowest BCUT2D eigenvalue weighted by atomic mass is 9.76. The Hall–Kier alpha value is -0.450. The summed E-state index contributed by atoms with van der Waals surface area (Å²) in [5.41, 5.74) is 7.91. The number of hydrogen-bond donors (Lipinski definition) is 1. The van der Waals surface area contributed by atoms with E-state index in [4.69, 9.17) is 15.5 Å². The van der Waals surface area contributed by atoms with Gasteiger partial charge in [-0.3, -0.25) is 0 Å². The molecular formula is C15H22N2OS. The van der Waals surface area contributed by atoms with Gasteiger partial charge >= 0.3 is 0 Å². The van der Waals surface area contributed by atoms with Gasteiger partial charge in [-0.25, -0.2) is 4.98 Å². The van der Waals surface area contributed by atoms with E-state index < -0.39 is 0 Å². The van der Waals surface area contributed by atoms with Crippen molar-refractivity contribution in [3.05, 3.63) is 15.6 Å².